The molecule has 7 heteroatoms. The third-order valence-electron chi connectivity index (χ3n) is 3.17. The molecule has 1 unspecified atom stereocenters. The van der Waals surface area contributed by atoms with Gasteiger partial charge in [-0.15, -0.1) is 0 Å². The van der Waals surface area contributed by atoms with Crippen molar-refractivity contribution < 1.29 is 9.59 Å². The fraction of sp³-hybridized carbons (Fsp3) is 0.583. The van der Waals surface area contributed by atoms with E-state index in [0.29, 0.717) is 12.2 Å². The van der Waals surface area contributed by atoms with Gasteiger partial charge in [0, 0.05) is 25.8 Å². The largest absolute Gasteiger partial charge is 0.369 e. The first-order valence-corrected chi connectivity index (χ1v) is 6.36. The van der Waals surface area contributed by atoms with E-state index in [1.165, 1.54) is 0 Å². The summed E-state index contributed by atoms with van der Waals surface area (Å²) >= 11 is 0. The van der Waals surface area contributed by atoms with Crippen LogP contribution in [0, 0.1) is 0 Å². The molecule has 19 heavy (non-hydrogen) atoms. The van der Waals surface area contributed by atoms with Crippen LogP contribution in [0.5, 0.6) is 0 Å². The monoisotopic (exact) mass is 265 g/mol. The van der Waals surface area contributed by atoms with Crippen LogP contribution in [-0.4, -0.2) is 52.2 Å². The van der Waals surface area contributed by atoms with E-state index in [9.17, 15) is 9.59 Å². The molecule has 2 rings (SSSR count). The van der Waals surface area contributed by atoms with E-state index in [2.05, 4.69) is 10.4 Å². The molecule has 1 aromatic heterocycles. The molecule has 3 N–H and O–H groups in total. The Kier molecular flexibility index (Phi) is 4.16. The van der Waals surface area contributed by atoms with Crippen LogP contribution in [0.4, 0.5) is 0 Å². The highest BCUT2D eigenvalue weighted by Crippen LogP contribution is 2.10. The maximum atomic E-state index is 12.0. The lowest BCUT2D eigenvalue weighted by molar-refractivity contribution is -0.119. The number of carbonyl (C=O) groups excluding carboxylic acids is 2. The predicted molar refractivity (Wildman–Crippen MR) is 69.3 cm³/mol. The number of carbonyl (C=O) groups is 2. The number of nitrogens with two attached hydrogens (primary N) is 1. The quantitative estimate of drug-likeness (QED) is 0.738. The van der Waals surface area contributed by atoms with Crippen LogP contribution in [-0.2, 0) is 11.8 Å². The standard InChI is InChI=1S/C12H19N5O2/c1-16-6-4-10(15-16)12(19)14-9-3-2-5-17(7-9)8-11(13)18/h4,6,9H,2-3,5,7-8H2,1H3,(H2,13,18)(H,14,19). The minimum Gasteiger partial charge on any atom is -0.369 e. The highest BCUT2D eigenvalue weighted by Gasteiger charge is 2.23. The normalized spacial score (nSPS) is 20.2. The molecular weight excluding hydrogens is 246 g/mol. The van der Waals surface area contributed by atoms with E-state index < -0.39 is 0 Å². The number of hydrogen-bond acceptors (Lipinski definition) is 4. The van der Waals surface area contributed by atoms with Crippen LogP contribution >= 0.6 is 0 Å². The first kappa shape index (κ1) is 13.5. The van der Waals surface area contributed by atoms with Crippen molar-refractivity contribution in [3.8, 4) is 0 Å². The number of piperidine rings is 1. The number of rotatable bonds is 4. The first-order chi connectivity index (χ1) is 9.04. The number of nitrogens with zero attached hydrogens (tertiary/aromatic N) is 3. The smallest absolute Gasteiger partial charge is 0.272 e. The lowest BCUT2D eigenvalue weighted by atomic mass is 10.1. The van der Waals surface area contributed by atoms with Gasteiger partial charge < -0.3 is 11.1 Å². The SMILES string of the molecule is Cn1ccc(C(=O)NC2CCCN(CC(N)=O)C2)n1. The molecule has 1 aromatic rings. The van der Waals surface area contributed by atoms with Crippen LogP contribution in [0.15, 0.2) is 12.3 Å². The fourth-order valence-corrected chi connectivity index (χ4v) is 2.33. The van der Waals surface area contributed by atoms with Gasteiger partial charge in [-0.25, -0.2) is 0 Å². The van der Waals surface area contributed by atoms with Gasteiger partial charge in [0.2, 0.25) is 5.91 Å². The lowest BCUT2D eigenvalue weighted by Gasteiger charge is -2.32. The summed E-state index contributed by atoms with van der Waals surface area (Å²) < 4.78 is 1.59. The number of likely N-dealkylation sites (tertiary alicyclic amines) is 1. The summed E-state index contributed by atoms with van der Waals surface area (Å²) in [6.07, 6.45) is 3.59. The van der Waals surface area contributed by atoms with Crippen LogP contribution in [0.2, 0.25) is 0 Å². The van der Waals surface area contributed by atoms with Crippen LogP contribution in [0.3, 0.4) is 0 Å². The minimum absolute atomic E-state index is 0.0441. The van der Waals surface area contributed by atoms with Gasteiger partial charge in [-0.2, -0.15) is 5.10 Å². The molecular formula is C12H19N5O2. The Balaban J connectivity index is 1.88. The average molecular weight is 265 g/mol. The van der Waals surface area contributed by atoms with Gasteiger partial charge in [-0.3, -0.25) is 19.2 Å². The van der Waals surface area contributed by atoms with Crippen molar-refractivity contribution in [2.45, 2.75) is 18.9 Å². The molecule has 0 bridgehead atoms. The molecule has 0 aromatic carbocycles. The Morgan fingerprint density at radius 1 is 1.58 bits per heavy atom. The molecule has 0 radical (unpaired) electrons. The van der Waals surface area contributed by atoms with Gasteiger partial charge in [-0.1, -0.05) is 0 Å². The summed E-state index contributed by atoms with van der Waals surface area (Å²) in [5.74, 6) is -0.511. The third kappa shape index (κ3) is 3.78. The van der Waals surface area contributed by atoms with Gasteiger partial charge >= 0.3 is 0 Å². The van der Waals surface area contributed by atoms with Gasteiger partial charge in [-0.05, 0) is 25.5 Å². The van der Waals surface area contributed by atoms with Crippen molar-refractivity contribution >= 4 is 11.8 Å². The Labute approximate surface area is 111 Å². The number of aryl methyl sites for hydroxylation is 1. The van der Waals surface area contributed by atoms with Crippen molar-refractivity contribution in [3.05, 3.63) is 18.0 Å². The summed E-state index contributed by atoms with van der Waals surface area (Å²) in [6.45, 7) is 1.75. The second-order valence-corrected chi connectivity index (χ2v) is 4.89. The molecule has 0 aliphatic carbocycles. The Morgan fingerprint density at radius 3 is 3.00 bits per heavy atom. The number of nitrogens with one attached hydrogen (secondary N) is 1. The van der Waals surface area contributed by atoms with Crippen LogP contribution in [0.25, 0.3) is 0 Å². The second kappa shape index (κ2) is 5.83. The second-order valence-electron chi connectivity index (χ2n) is 4.89. The maximum absolute atomic E-state index is 12.0. The van der Waals surface area contributed by atoms with E-state index in [1.54, 1.807) is 24.0 Å². The molecule has 7 nitrogen and oxygen atoms in total. The number of hydrogen-bond donors (Lipinski definition) is 2. The maximum Gasteiger partial charge on any atom is 0.272 e. The zero-order chi connectivity index (χ0) is 13.8. The predicted octanol–water partition coefficient (Wildman–Crippen LogP) is -0.900. The van der Waals surface area contributed by atoms with E-state index in [4.69, 9.17) is 5.73 Å². The molecule has 2 heterocycles. The van der Waals surface area contributed by atoms with Gasteiger partial charge in [0.1, 0.15) is 5.69 Å². The third-order valence-corrected chi connectivity index (χ3v) is 3.17. The molecule has 104 valence electrons. The van der Waals surface area contributed by atoms with E-state index in [-0.39, 0.29) is 24.4 Å². The highest BCUT2D eigenvalue weighted by molar-refractivity contribution is 5.92. The Hall–Kier alpha value is -1.89. The molecule has 0 saturated carbocycles. The summed E-state index contributed by atoms with van der Waals surface area (Å²) in [5, 5.41) is 7.00. The minimum atomic E-state index is -0.336. The Morgan fingerprint density at radius 2 is 2.37 bits per heavy atom. The summed E-state index contributed by atoms with van der Waals surface area (Å²) in [4.78, 5) is 24.8. The van der Waals surface area contributed by atoms with Crippen LogP contribution in [0.1, 0.15) is 23.3 Å². The Bertz CT molecular complexity index is 470. The molecule has 2 amide bonds. The van der Waals surface area contributed by atoms with Crippen molar-refractivity contribution in [2.24, 2.45) is 12.8 Å². The van der Waals surface area contributed by atoms with Crippen molar-refractivity contribution in [1.82, 2.24) is 20.0 Å². The number of amides is 2. The molecule has 1 atom stereocenters. The topological polar surface area (TPSA) is 93.3 Å². The van der Waals surface area contributed by atoms with Gasteiger partial charge in [0.15, 0.2) is 0 Å². The molecule has 1 aliphatic heterocycles. The lowest BCUT2D eigenvalue weighted by Crippen LogP contribution is -2.49. The van der Waals surface area contributed by atoms with E-state index in [0.717, 1.165) is 19.4 Å². The van der Waals surface area contributed by atoms with Gasteiger partial charge in [0.05, 0.1) is 6.54 Å². The van der Waals surface area contributed by atoms with Crippen LogP contribution < -0.4 is 11.1 Å². The zero-order valence-electron chi connectivity index (χ0n) is 11.0. The zero-order valence-corrected chi connectivity index (χ0v) is 11.0. The number of aromatic nitrogens is 2. The summed E-state index contributed by atoms with van der Waals surface area (Å²) in [6, 6.07) is 1.72. The molecule has 1 saturated heterocycles. The summed E-state index contributed by atoms with van der Waals surface area (Å²) in [5.41, 5.74) is 5.59. The number of primary amides is 1. The molecule has 0 spiro atoms. The van der Waals surface area contributed by atoms with Crippen molar-refractivity contribution in [1.29, 1.82) is 0 Å². The fourth-order valence-electron chi connectivity index (χ4n) is 2.33. The van der Waals surface area contributed by atoms with Gasteiger partial charge in [0.25, 0.3) is 5.91 Å². The highest BCUT2D eigenvalue weighted by atomic mass is 16.2. The molecule has 1 fully saturated rings. The van der Waals surface area contributed by atoms with Crippen molar-refractivity contribution in [3.63, 3.8) is 0 Å². The molecule has 1 aliphatic rings. The first-order valence-electron chi connectivity index (χ1n) is 6.36. The summed E-state index contributed by atoms with van der Waals surface area (Å²) in [7, 11) is 1.77. The van der Waals surface area contributed by atoms with E-state index >= 15 is 0 Å². The van der Waals surface area contributed by atoms with Crippen molar-refractivity contribution in [2.75, 3.05) is 19.6 Å². The average Bonchev–Trinajstić information content (AvgIpc) is 2.75. The van der Waals surface area contributed by atoms with E-state index in [1.807, 2.05) is 4.90 Å².